The SMILES string of the molecule is CSc1nc2nc(C)c(CC(=O)N(c3ccc4[nH]ccc4c3)C(C)CC(C)C)c(C)n2n1. The first-order valence-electron chi connectivity index (χ1n) is 10.9. The van der Waals surface area contributed by atoms with Crippen molar-refractivity contribution in [2.45, 2.75) is 58.7 Å². The summed E-state index contributed by atoms with van der Waals surface area (Å²) in [5.74, 6) is 1.12. The van der Waals surface area contributed by atoms with Crippen LogP contribution in [0.25, 0.3) is 16.7 Å². The van der Waals surface area contributed by atoms with Crippen LogP contribution in [0.1, 0.15) is 44.1 Å². The quantitative estimate of drug-likeness (QED) is 0.403. The van der Waals surface area contributed by atoms with E-state index in [1.165, 1.54) is 11.8 Å². The van der Waals surface area contributed by atoms with Crippen molar-refractivity contribution in [2.75, 3.05) is 11.2 Å². The van der Waals surface area contributed by atoms with Crippen LogP contribution in [0.15, 0.2) is 35.6 Å². The molecule has 32 heavy (non-hydrogen) atoms. The smallest absolute Gasteiger partial charge is 0.253 e. The maximum Gasteiger partial charge on any atom is 0.253 e. The highest BCUT2D eigenvalue weighted by Gasteiger charge is 2.25. The summed E-state index contributed by atoms with van der Waals surface area (Å²) in [6, 6.07) is 8.26. The number of hydrogen-bond acceptors (Lipinski definition) is 5. The van der Waals surface area contributed by atoms with E-state index in [0.717, 1.165) is 40.0 Å². The third-order valence-electron chi connectivity index (χ3n) is 5.88. The van der Waals surface area contributed by atoms with E-state index in [9.17, 15) is 4.79 Å². The second-order valence-corrected chi connectivity index (χ2v) is 9.51. The molecule has 1 aromatic carbocycles. The maximum absolute atomic E-state index is 13.8. The van der Waals surface area contributed by atoms with E-state index in [-0.39, 0.29) is 18.4 Å². The molecule has 7 nitrogen and oxygen atoms in total. The van der Waals surface area contributed by atoms with Gasteiger partial charge in [-0.3, -0.25) is 4.79 Å². The normalized spacial score (nSPS) is 12.7. The molecule has 0 spiro atoms. The van der Waals surface area contributed by atoms with Gasteiger partial charge in [0.1, 0.15) is 0 Å². The maximum atomic E-state index is 13.8. The van der Waals surface area contributed by atoms with Gasteiger partial charge in [-0.25, -0.2) is 9.50 Å². The summed E-state index contributed by atoms with van der Waals surface area (Å²) in [5.41, 5.74) is 4.62. The van der Waals surface area contributed by atoms with Crippen LogP contribution >= 0.6 is 11.8 Å². The predicted octanol–water partition coefficient (Wildman–Crippen LogP) is 4.95. The van der Waals surface area contributed by atoms with E-state index >= 15 is 0 Å². The Labute approximate surface area is 192 Å². The summed E-state index contributed by atoms with van der Waals surface area (Å²) in [6.07, 6.45) is 5.05. The van der Waals surface area contributed by atoms with Crippen LogP contribution in [0.5, 0.6) is 0 Å². The number of amides is 1. The average Bonchev–Trinajstić information content (AvgIpc) is 3.37. The number of nitrogens with zero attached hydrogens (tertiary/aromatic N) is 5. The number of fused-ring (bicyclic) bond motifs is 2. The van der Waals surface area contributed by atoms with Gasteiger partial charge in [0, 0.05) is 45.8 Å². The molecular weight excluding hydrogens is 420 g/mol. The Morgan fingerprint density at radius 1 is 1.19 bits per heavy atom. The monoisotopic (exact) mass is 450 g/mol. The topological polar surface area (TPSA) is 79.2 Å². The average molecular weight is 451 g/mol. The molecule has 8 heteroatoms. The fourth-order valence-electron chi connectivity index (χ4n) is 4.39. The van der Waals surface area contributed by atoms with Crippen molar-refractivity contribution in [2.24, 2.45) is 5.92 Å². The Morgan fingerprint density at radius 2 is 1.97 bits per heavy atom. The van der Waals surface area contributed by atoms with Crippen molar-refractivity contribution in [3.63, 3.8) is 0 Å². The zero-order chi connectivity index (χ0) is 23.0. The number of aromatic nitrogens is 5. The second-order valence-electron chi connectivity index (χ2n) is 8.74. The highest BCUT2D eigenvalue weighted by Crippen LogP contribution is 2.27. The van der Waals surface area contributed by atoms with Crippen LogP contribution in [0.4, 0.5) is 5.69 Å². The molecule has 0 fully saturated rings. The first kappa shape index (κ1) is 22.3. The molecule has 1 unspecified atom stereocenters. The van der Waals surface area contributed by atoms with Gasteiger partial charge in [-0.05, 0) is 63.6 Å². The summed E-state index contributed by atoms with van der Waals surface area (Å²) < 4.78 is 1.75. The van der Waals surface area contributed by atoms with Crippen LogP contribution in [0, 0.1) is 19.8 Å². The molecule has 1 atom stereocenters. The minimum Gasteiger partial charge on any atom is -0.361 e. The van der Waals surface area contributed by atoms with E-state index in [2.05, 4.69) is 46.9 Å². The molecule has 0 radical (unpaired) electrons. The lowest BCUT2D eigenvalue weighted by Crippen LogP contribution is -2.40. The largest absolute Gasteiger partial charge is 0.361 e. The Balaban J connectivity index is 1.72. The van der Waals surface area contributed by atoms with Gasteiger partial charge < -0.3 is 9.88 Å². The van der Waals surface area contributed by atoms with Gasteiger partial charge in [-0.1, -0.05) is 25.6 Å². The molecule has 0 aliphatic heterocycles. The van der Waals surface area contributed by atoms with Gasteiger partial charge in [0.05, 0.1) is 6.42 Å². The lowest BCUT2D eigenvalue weighted by atomic mass is 10.0. The molecule has 0 aliphatic carbocycles. The number of hydrogen-bond donors (Lipinski definition) is 1. The number of thioether (sulfide) groups is 1. The summed E-state index contributed by atoms with van der Waals surface area (Å²) in [4.78, 5) is 28.0. The first-order chi connectivity index (χ1) is 15.3. The number of aromatic amines is 1. The van der Waals surface area contributed by atoms with Gasteiger partial charge in [0.25, 0.3) is 5.78 Å². The van der Waals surface area contributed by atoms with Crippen LogP contribution in [-0.2, 0) is 11.2 Å². The molecule has 3 heterocycles. The van der Waals surface area contributed by atoms with Crippen molar-refractivity contribution in [1.29, 1.82) is 0 Å². The molecule has 3 aromatic heterocycles. The number of benzene rings is 1. The first-order valence-corrected chi connectivity index (χ1v) is 12.2. The molecule has 0 saturated carbocycles. The van der Waals surface area contributed by atoms with Crippen molar-refractivity contribution < 1.29 is 4.79 Å². The van der Waals surface area contributed by atoms with E-state index in [1.54, 1.807) is 4.52 Å². The third-order valence-corrected chi connectivity index (χ3v) is 6.42. The number of aryl methyl sites for hydroxylation is 2. The van der Waals surface area contributed by atoms with Gasteiger partial charge >= 0.3 is 0 Å². The van der Waals surface area contributed by atoms with Crippen LogP contribution in [0.3, 0.4) is 0 Å². The number of H-pyrrole nitrogens is 1. The molecule has 168 valence electrons. The lowest BCUT2D eigenvalue weighted by Gasteiger charge is -2.31. The van der Waals surface area contributed by atoms with Crippen molar-refractivity contribution >= 4 is 40.0 Å². The molecule has 0 aliphatic rings. The van der Waals surface area contributed by atoms with E-state index in [4.69, 9.17) is 0 Å². The lowest BCUT2D eigenvalue weighted by molar-refractivity contribution is -0.118. The molecular formula is C24H30N6OS. The van der Waals surface area contributed by atoms with E-state index in [0.29, 0.717) is 16.9 Å². The van der Waals surface area contributed by atoms with Gasteiger partial charge in [-0.2, -0.15) is 4.98 Å². The van der Waals surface area contributed by atoms with E-state index in [1.807, 2.05) is 49.4 Å². The summed E-state index contributed by atoms with van der Waals surface area (Å²) in [5, 5.41) is 6.30. The minimum absolute atomic E-state index is 0.0607. The molecule has 4 aromatic rings. The highest BCUT2D eigenvalue weighted by atomic mass is 32.2. The van der Waals surface area contributed by atoms with Crippen molar-refractivity contribution in [3.8, 4) is 0 Å². The fourth-order valence-corrected chi connectivity index (χ4v) is 4.73. The number of carbonyl (C=O) groups is 1. The molecule has 4 rings (SSSR count). The number of nitrogens with one attached hydrogen (secondary N) is 1. The predicted molar refractivity (Wildman–Crippen MR) is 130 cm³/mol. The molecule has 0 saturated heterocycles. The molecule has 1 N–H and O–H groups in total. The zero-order valence-corrected chi connectivity index (χ0v) is 20.3. The van der Waals surface area contributed by atoms with Crippen LogP contribution in [0.2, 0.25) is 0 Å². The highest BCUT2D eigenvalue weighted by molar-refractivity contribution is 7.98. The Bertz CT molecular complexity index is 1270. The standard InChI is InChI=1S/C24H30N6OS/c1-14(2)11-15(3)29(19-7-8-21-18(12-19)9-10-25-21)22(31)13-20-16(4)26-23-27-24(32-6)28-30(23)17(20)5/h7-10,12,14-15,25H,11,13H2,1-6H3. The van der Waals surface area contributed by atoms with Crippen molar-refractivity contribution in [1.82, 2.24) is 24.6 Å². The van der Waals surface area contributed by atoms with Crippen LogP contribution < -0.4 is 4.90 Å². The summed E-state index contributed by atoms with van der Waals surface area (Å²) in [7, 11) is 0. The Hall–Kier alpha value is -2.87. The molecule has 1 amide bonds. The summed E-state index contributed by atoms with van der Waals surface area (Å²) >= 11 is 1.48. The Kier molecular flexibility index (Phi) is 6.24. The second kappa shape index (κ2) is 8.94. The molecule has 0 bridgehead atoms. The number of anilines is 1. The van der Waals surface area contributed by atoms with Gasteiger partial charge in [0.15, 0.2) is 0 Å². The van der Waals surface area contributed by atoms with Crippen molar-refractivity contribution in [3.05, 3.63) is 47.4 Å². The summed E-state index contributed by atoms with van der Waals surface area (Å²) in [6.45, 7) is 10.4. The number of rotatable bonds is 7. The fraction of sp³-hybridized carbons (Fsp3) is 0.417. The Morgan fingerprint density at radius 3 is 2.69 bits per heavy atom. The zero-order valence-electron chi connectivity index (χ0n) is 19.5. The van der Waals surface area contributed by atoms with Gasteiger partial charge in [-0.15, -0.1) is 5.10 Å². The third kappa shape index (κ3) is 4.24. The minimum atomic E-state index is 0.0607. The number of carbonyl (C=O) groups excluding carboxylic acids is 1. The van der Waals surface area contributed by atoms with Gasteiger partial charge in [0.2, 0.25) is 11.1 Å². The van der Waals surface area contributed by atoms with Crippen LogP contribution in [-0.4, -0.2) is 42.8 Å². The van der Waals surface area contributed by atoms with E-state index < -0.39 is 0 Å².